The zero-order valence-corrected chi connectivity index (χ0v) is 11.5. The van der Waals surface area contributed by atoms with Crippen LogP contribution in [-0.4, -0.2) is 43.8 Å². The predicted octanol–water partition coefficient (Wildman–Crippen LogP) is 1.42. The first kappa shape index (κ1) is 14.7. The molecule has 1 amide bonds. The van der Waals surface area contributed by atoms with Crippen LogP contribution in [0.25, 0.3) is 0 Å². The van der Waals surface area contributed by atoms with Gasteiger partial charge in [-0.15, -0.1) is 11.6 Å². The molecule has 0 aliphatic carbocycles. The first-order valence-corrected chi connectivity index (χ1v) is 6.68. The van der Waals surface area contributed by atoms with E-state index in [1.165, 1.54) is 0 Å². The van der Waals surface area contributed by atoms with Crippen molar-refractivity contribution in [1.82, 2.24) is 5.32 Å². The highest BCUT2D eigenvalue weighted by Crippen LogP contribution is 2.31. The molecule has 0 aromatic rings. The molecule has 1 fully saturated rings. The molecule has 0 bridgehead atoms. The number of carbonyl (C=O) groups is 1. The summed E-state index contributed by atoms with van der Waals surface area (Å²) in [5, 5.41) is 2.88. The van der Waals surface area contributed by atoms with E-state index in [-0.39, 0.29) is 30.0 Å². The molecule has 4 atom stereocenters. The van der Waals surface area contributed by atoms with Gasteiger partial charge in [-0.3, -0.25) is 4.79 Å². The van der Waals surface area contributed by atoms with Crippen LogP contribution in [0.15, 0.2) is 0 Å². The highest BCUT2D eigenvalue weighted by molar-refractivity contribution is 6.17. The third-order valence-corrected chi connectivity index (χ3v) is 3.47. The summed E-state index contributed by atoms with van der Waals surface area (Å²) in [7, 11) is 0. The largest absolute Gasteiger partial charge is 0.378 e. The molecular formula is C12H22ClNO3. The third-order valence-electron chi connectivity index (χ3n) is 3.31. The maximum Gasteiger partial charge on any atom is 0.226 e. The van der Waals surface area contributed by atoms with Crippen LogP contribution < -0.4 is 5.32 Å². The summed E-state index contributed by atoms with van der Waals surface area (Å²) in [4.78, 5) is 12.0. The number of amides is 1. The van der Waals surface area contributed by atoms with Crippen LogP contribution in [-0.2, 0) is 14.3 Å². The molecule has 1 aliphatic rings. The highest BCUT2D eigenvalue weighted by atomic mass is 35.5. The van der Waals surface area contributed by atoms with Crippen molar-refractivity contribution in [3.05, 3.63) is 0 Å². The Morgan fingerprint density at radius 3 is 2.53 bits per heavy atom. The van der Waals surface area contributed by atoms with Crippen LogP contribution in [0.5, 0.6) is 0 Å². The minimum absolute atomic E-state index is 0.0104. The van der Waals surface area contributed by atoms with Crippen LogP contribution in [0.2, 0.25) is 0 Å². The lowest BCUT2D eigenvalue weighted by molar-refractivity contribution is -0.127. The zero-order chi connectivity index (χ0) is 12.8. The predicted molar refractivity (Wildman–Crippen MR) is 67.2 cm³/mol. The Morgan fingerprint density at radius 2 is 2.00 bits per heavy atom. The van der Waals surface area contributed by atoms with Crippen molar-refractivity contribution in [3.63, 3.8) is 0 Å². The van der Waals surface area contributed by atoms with Crippen molar-refractivity contribution >= 4 is 17.5 Å². The molecule has 0 aromatic carbocycles. The van der Waals surface area contributed by atoms with E-state index in [0.717, 1.165) is 0 Å². The lowest BCUT2D eigenvalue weighted by atomic mass is 9.89. The second kappa shape index (κ2) is 7.19. The molecule has 4 unspecified atom stereocenters. The summed E-state index contributed by atoms with van der Waals surface area (Å²) in [5.74, 6) is 0.742. The van der Waals surface area contributed by atoms with Gasteiger partial charge in [0.25, 0.3) is 0 Å². The highest BCUT2D eigenvalue weighted by Gasteiger charge is 2.41. The Kier molecular flexibility index (Phi) is 6.23. The SMILES string of the molecule is CC1OC(C)C(C(=O)NCCOCCCl)C1C. The van der Waals surface area contributed by atoms with Gasteiger partial charge in [-0.2, -0.15) is 0 Å². The van der Waals surface area contributed by atoms with Crippen molar-refractivity contribution in [2.24, 2.45) is 11.8 Å². The van der Waals surface area contributed by atoms with E-state index in [1.54, 1.807) is 0 Å². The van der Waals surface area contributed by atoms with Crippen molar-refractivity contribution in [2.75, 3.05) is 25.6 Å². The van der Waals surface area contributed by atoms with Crippen LogP contribution >= 0.6 is 11.6 Å². The molecule has 0 aromatic heterocycles. The number of ether oxygens (including phenoxy) is 2. The molecule has 1 rings (SSSR count). The fraction of sp³-hybridized carbons (Fsp3) is 0.917. The third kappa shape index (κ3) is 4.12. The summed E-state index contributed by atoms with van der Waals surface area (Å²) in [6.45, 7) is 7.58. The molecule has 0 radical (unpaired) electrons. The summed E-state index contributed by atoms with van der Waals surface area (Å²) in [6.07, 6.45) is 0.136. The molecule has 17 heavy (non-hydrogen) atoms. The quantitative estimate of drug-likeness (QED) is 0.582. The Bertz CT molecular complexity index is 250. The van der Waals surface area contributed by atoms with Gasteiger partial charge in [0.1, 0.15) is 0 Å². The van der Waals surface area contributed by atoms with Crippen LogP contribution in [0, 0.1) is 11.8 Å². The molecule has 0 saturated carbocycles. The Labute approximate surface area is 108 Å². The van der Waals surface area contributed by atoms with Gasteiger partial charge < -0.3 is 14.8 Å². The second-order valence-electron chi connectivity index (χ2n) is 4.52. The summed E-state index contributed by atoms with van der Waals surface area (Å²) in [6, 6.07) is 0. The number of alkyl halides is 1. The molecular weight excluding hydrogens is 242 g/mol. The monoisotopic (exact) mass is 263 g/mol. The van der Waals surface area contributed by atoms with E-state index < -0.39 is 0 Å². The molecule has 5 heteroatoms. The summed E-state index contributed by atoms with van der Waals surface area (Å²) in [5.41, 5.74) is 0. The minimum Gasteiger partial charge on any atom is -0.378 e. The number of hydrogen-bond donors (Lipinski definition) is 1. The van der Waals surface area contributed by atoms with Gasteiger partial charge in [-0.25, -0.2) is 0 Å². The van der Waals surface area contributed by atoms with Gasteiger partial charge in [0.05, 0.1) is 31.3 Å². The van der Waals surface area contributed by atoms with Gasteiger partial charge in [-0.1, -0.05) is 6.92 Å². The van der Waals surface area contributed by atoms with Crippen molar-refractivity contribution in [2.45, 2.75) is 33.0 Å². The number of halogens is 1. The first-order valence-electron chi connectivity index (χ1n) is 6.14. The van der Waals surface area contributed by atoms with E-state index in [0.29, 0.717) is 25.6 Å². The molecule has 1 aliphatic heterocycles. The Hall–Kier alpha value is -0.320. The summed E-state index contributed by atoms with van der Waals surface area (Å²) < 4.78 is 10.8. The van der Waals surface area contributed by atoms with E-state index in [9.17, 15) is 4.79 Å². The van der Waals surface area contributed by atoms with Gasteiger partial charge >= 0.3 is 0 Å². The average Bonchev–Trinajstić information content (AvgIpc) is 2.53. The Morgan fingerprint density at radius 1 is 1.29 bits per heavy atom. The first-order chi connectivity index (χ1) is 8.07. The van der Waals surface area contributed by atoms with Gasteiger partial charge in [-0.05, 0) is 19.8 Å². The lowest BCUT2D eigenvalue weighted by Gasteiger charge is -2.17. The molecule has 100 valence electrons. The van der Waals surface area contributed by atoms with Crippen molar-refractivity contribution in [3.8, 4) is 0 Å². The van der Waals surface area contributed by atoms with Crippen LogP contribution in [0.1, 0.15) is 20.8 Å². The van der Waals surface area contributed by atoms with Gasteiger partial charge in [0.15, 0.2) is 0 Å². The fourth-order valence-corrected chi connectivity index (χ4v) is 2.35. The maximum absolute atomic E-state index is 12.0. The second-order valence-corrected chi connectivity index (χ2v) is 4.90. The fourth-order valence-electron chi connectivity index (χ4n) is 2.24. The molecule has 1 N–H and O–H groups in total. The maximum atomic E-state index is 12.0. The van der Waals surface area contributed by atoms with Crippen molar-refractivity contribution < 1.29 is 14.3 Å². The molecule has 1 saturated heterocycles. The Balaban J connectivity index is 2.27. The van der Waals surface area contributed by atoms with Gasteiger partial charge in [0.2, 0.25) is 5.91 Å². The average molecular weight is 264 g/mol. The number of carbonyl (C=O) groups excluding carboxylic acids is 1. The standard InChI is InChI=1S/C12H22ClNO3/c1-8-9(2)17-10(3)11(8)12(15)14-5-7-16-6-4-13/h8-11H,4-7H2,1-3H3,(H,14,15). The van der Waals surface area contributed by atoms with Crippen molar-refractivity contribution in [1.29, 1.82) is 0 Å². The van der Waals surface area contributed by atoms with E-state index in [4.69, 9.17) is 21.1 Å². The molecule has 0 spiro atoms. The number of rotatable bonds is 6. The normalized spacial score (nSPS) is 32.7. The minimum atomic E-state index is -0.0574. The number of nitrogens with one attached hydrogen (secondary N) is 1. The summed E-state index contributed by atoms with van der Waals surface area (Å²) >= 11 is 5.47. The van der Waals surface area contributed by atoms with Crippen LogP contribution in [0.3, 0.4) is 0 Å². The van der Waals surface area contributed by atoms with E-state index in [2.05, 4.69) is 12.2 Å². The smallest absolute Gasteiger partial charge is 0.226 e. The number of hydrogen-bond acceptors (Lipinski definition) is 3. The van der Waals surface area contributed by atoms with Gasteiger partial charge in [0, 0.05) is 12.4 Å². The van der Waals surface area contributed by atoms with E-state index >= 15 is 0 Å². The van der Waals surface area contributed by atoms with Crippen LogP contribution in [0.4, 0.5) is 0 Å². The molecule has 1 heterocycles. The lowest BCUT2D eigenvalue weighted by Crippen LogP contribution is -2.38. The molecule has 4 nitrogen and oxygen atoms in total. The van der Waals surface area contributed by atoms with E-state index in [1.807, 2.05) is 13.8 Å². The zero-order valence-electron chi connectivity index (χ0n) is 10.7. The topological polar surface area (TPSA) is 47.6 Å².